The first-order valence-electron chi connectivity index (χ1n) is 9.57. The van der Waals surface area contributed by atoms with Gasteiger partial charge in [0.1, 0.15) is 11.6 Å². The smallest absolute Gasteiger partial charge is 0.303 e. The molecule has 1 saturated carbocycles. The minimum atomic E-state index is -0.690. The summed E-state index contributed by atoms with van der Waals surface area (Å²) >= 11 is 0. The first kappa shape index (κ1) is 17.3. The number of H-pyrrole nitrogens is 1. The second kappa shape index (κ2) is 7.27. The van der Waals surface area contributed by atoms with Crippen molar-refractivity contribution >= 4 is 17.0 Å². The molecule has 2 atom stereocenters. The van der Waals surface area contributed by atoms with E-state index in [0.717, 1.165) is 54.5 Å². The van der Waals surface area contributed by atoms with E-state index in [1.165, 1.54) is 19.4 Å². The van der Waals surface area contributed by atoms with Gasteiger partial charge in [0.2, 0.25) is 0 Å². The number of hydrogen-bond donors (Lipinski definition) is 2. The lowest BCUT2D eigenvalue weighted by molar-refractivity contribution is -0.139. The number of carboxylic acids is 1. The molecule has 1 aliphatic carbocycles. The van der Waals surface area contributed by atoms with Gasteiger partial charge >= 0.3 is 5.97 Å². The van der Waals surface area contributed by atoms with Crippen LogP contribution in [0.15, 0.2) is 18.2 Å². The largest absolute Gasteiger partial charge is 0.497 e. The van der Waals surface area contributed by atoms with Crippen molar-refractivity contribution in [1.82, 2.24) is 14.9 Å². The van der Waals surface area contributed by atoms with Crippen molar-refractivity contribution in [3.8, 4) is 5.75 Å². The molecule has 2 N–H and O–H groups in total. The van der Waals surface area contributed by atoms with Crippen LogP contribution < -0.4 is 4.74 Å². The molecule has 4 rings (SSSR count). The summed E-state index contributed by atoms with van der Waals surface area (Å²) in [6.45, 7) is 3.19. The number of benzene rings is 1. The van der Waals surface area contributed by atoms with Gasteiger partial charge in [-0.1, -0.05) is 0 Å². The number of aromatic nitrogens is 2. The van der Waals surface area contributed by atoms with Crippen LogP contribution in [0, 0.1) is 17.8 Å². The second-order valence-corrected chi connectivity index (χ2v) is 7.88. The van der Waals surface area contributed by atoms with Crippen LogP contribution in [0.4, 0.5) is 0 Å². The minimum Gasteiger partial charge on any atom is -0.497 e. The Kier molecular flexibility index (Phi) is 4.85. The van der Waals surface area contributed by atoms with Crippen LogP contribution in [0.1, 0.15) is 31.5 Å². The Hall–Kier alpha value is -2.08. The number of carboxylic acid groups (broad SMARTS) is 1. The van der Waals surface area contributed by atoms with E-state index >= 15 is 0 Å². The SMILES string of the molecule is COc1ccc2nc(CC3CN(CC4CC4)CCC3CC(=O)O)[nH]c2c1. The predicted molar refractivity (Wildman–Crippen MR) is 99.4 cm³/mol. The maximum absolute atomic E-state index is 11.3. The summed E-state index contributed by atoms with van der Waals surface area (Å²) < 4.78 is 5.28. The molecule has 140 valence electrons. The molecule has 0 amide bonds. The molecule has 1 saturated heterocycles. The van der Waals surface area contributed by atoms with E-state index < -0.39 is 5.97 Å². The normalized spacial score (nSPS) is 24.0. The third kappa shape index (κ3) is 4.01. The lowest BCUT2D eigenvalue weighted by Crippen LogP contribution is -2.43. The van der Waals surface area contributed by atoms with E-state index in [2.05, 4.69) is 9.88 Å². The predicted octanol–water partition coefficient (Wildman–Crippen LogP) is 2.94. The van der Waals surface area contributed by atoms with E-state index in [0.29, 0.717) is 5.92 Å². The zero-order valence-electron chi connectivity index (χ0n) is 15.3. The van der Waals surface area contributed by atoms with Crippen LogP contribution in [-0.2, 0) is 11.2 Å². The average molecular weight is 357 g/mol. The van der Waals surface area contributed by atoms with Gasteiger partial charge in [0.05, 0.1) is 18.1 Å². The fourth-order valence-corrected chi connectivity index (χ4v) is 4.23. The Bertz CT molecular complexity index is 784. The van der Waals surface area contributed by atoms with E-state index in [1.54, 1.807) is 7.11 Å². The molecule has 1 aromatic carbocycles. The molecule has 26 heavy (non-hydrogen) atoms. The van der Waals surface area contributed by atoms with Crippen LogP contribution in [0.2, 0.25) is 0 Å². The van der Waals surface area contributed by atoms with Crippen LogP contribution in [0.25, 0.3) is 11.0 Å². The van der Waals surface area contributed by atoms with Crippen molar-refractivity contribution in [1.29, 1.82) is 0 Å². The van der Waals surface area contributed by atoms with Gasteiger partial charge in [-0.25, -0.2) is 4.98 Å². The number of imidazole rings is 1. The van der Waals surface area contributed by atoms with Gasteiger partial charge in [-0.3, -0.25) is 4.79 Å². The fourth-order valence-electron chi connectivity index (χ4n) is 4.23. The molecule has 2 heterocycles. The Morgan fingerprint density at radius 3 is 2.92 bits per heavy atom. The average Bonchev–Trinajstić information content (AvgIpc) is 3.33. The fraction of sp³-hybridized carbons (Fsp3) is 0.600. The molecule has 2 fully saturated rings. The Balaban J connectivity index is 1.50. The molecule has 2 aliphatic rings. The zero-order valence-corrected chi connectivity index (χ0v) is 15.3. The summed E-state index contributed by atoms with van der Waals surface area (Å²) in [6, 6.07) is 5.84. The number of ether oxygens (including phenoxy) is 1. The first-order chi connectivity index (χ1) is 12.6. The molecule has 1 aliphatic heterocycles. The highest BCUT2D eigenvalue weighted by atomic mass is 16.5. The van der Waals surface area contributed by atoms with E-state index in [1.807, 2.05) is 18.2 Å². The van der Waals surface area contributed by atoms with Crippen molar-refractivity contribution in [2.45, 2.75) is 32.1 Å². The van der Waals surface area contributed by atoms with E-state index in [4.69, 9.17) is 9.72 Å². The number of carbonyl (C=O) groups is 1. The lowest BCUT2D eigenvalue weighted by Gasteiger charge is -2.38. The number of methoxy groups -OCH3 is 1. The highest BCUT2D eigenvalue weighted by Crippen LogP contribution is 2.34. The number of hydrogen-bond acceptors (Lipinski definition) is 4. The summed E-state index contributed by atoms with van der Waals surface area (Å²) in [5, 5.41) is 9.29. The number of piperidine rings is 1. The van der Waals surface area contributed by atoms with Gasteiger partial charge in [0, 0.05) is 32.0 Å². The zero-order chi connectivity index (χ0) is 18.1. The van der Waals surface area contributed by atoms with Crippen LogP contribution in [0.3, 0.4) is 0 Å². The number of likely N-dealkylation sites (tertiary alicyclic amines) is 1. The third-order valence-electron chi connectivity index (χ3n) is 5.82. The molecule has 0 spiro atoms. The first-order valence-corrected chi connectivity index (χ1v) is 9.57. The molecule has 6 heteroatoms. The van der Waals surface area contributed by atoms with Crippen molar-refractivity contribution in [3.05, 3.63) is 24.0 Å². The summed E-state index contributed by atoms with van der Waals surface area (Å²) in [7, 11) is 1.66. The van der Waals surface area contributed by atoms with Gasteiger partial charge in [0.15, 0.2) is 0 Å². The second-order valence-electron chi connectivity index (χ2n) is 7.88. The van der Waals surface area contributed by atoms with Crippen molar-refractivity contribution in [2.24, 2.45) is 17.8 Å². The summed E-state index contributed by atoms with van der Waals surface area (Å²) in [6.07, 6.45) is 4.74. The molecule has 1 aromatic heterocycles. The van der Waals surface area contributed by atoms with Crippen molar-refractivity contribution in [2.75, 3.05) is 26.7 Å². The maximum atomic E-state index is 11.3. The van der Waals surface area contributed by atoms with Gasteiger partial charge in [-0.15, -0.1) is 0 Å². The van der Waals surface area contributed by atoms with Crippen molar-refractivity contribution < 1.29 is 14.6 Å². The Labute approximate surface area is 153 Å². The third-order valence-corrected chi connectivity index (χ3v) is 5.82. The van der Waals surface area contributed by atoms with Crippen LogP contribution in [-0.4, -0.2) is 52.7 Å². The highest BCUT2D eigenvalue weighted by molar-refractivity contribution is 5.76. The number of aromatic amines is 1. The lowest BCUT2D eigenvalue weighted by atomic mass is 9.81. The Morgan fingerprint density at radius 2 is 2.19 bits per heavy atom. The molecule has 0 radical (unpaired) electrons. The number of nitrogens with one attached hydrogen (secondary N) is 1. The maximum Gasteiger partial charge on any atom is 0.303 e. The number of fused-ring (bicyclic) bond motifs is 1. The standard InChI is InChI=1S/C20H27N3O3/c1-26-16-4-5-17-18(10-16)22-19(21-17)8-15-12-23(11-13-2-3-13)7-6-14(15)9-20(24)25/h4-5,10,13-15H,2-3,6-9,11-12H2,1H3,(H,21,22)(H,24,25). The van der Waals surface area contributed by atoms with Crippen LogP contribution >= 0.6 is 0 Å². The van der Waals surface area contributed by atoms with E-state index in [9.17, 15) is 9.90 Å². The molecular formula is C20H27N3O3. The van der Waals surface area contributed by atoms with Gasteiger partial charge in [-0.2, -0.15) is 0 Å². The summed E-state index contributed by atoms with van der Waals surface area (Å²) in [5.74, 6) is 2.49. The molecule has 6 nitrogen and oxygen atoms in total. The van der Waals surface area contributed by atoms with E-state index in [-0.39, 0.29) is 12.3 Å². The number of nitrogens with zero attached hydrogens (tertiary/aromatic N) is 2. The highest BCUT2D eigenvalue weighted by Gasteiger charge is 2.34. The molecule has 2 aromatic rings. The molecular weight excluding hydrogens is 330 g/mol. The molecule has 2 unspecified atom stereocenters. The summed E-state index contributed by atoms with van der Waals surface area (Å²) in [5.41, 5.74) is 1.90. The van der Waals surface area contributed by atoms with Gasteiger partial charge in [-0.05, 0) is 55.7 Å². The quantitative estimate of drug-likeness (QED) is 0.796. The summed E-state index contributed by atoms with van der Waals surface area (Å²) in [4.78, 5) is 21.9. The molecule has 0 bridgehead atoms. The van der Waals surface area contributed by atoms with Gasteiger partial charge in [0.25, 0.3) is 0 Å². The topological polar surface area (TPSA) is 78.4 Å². The minimum absolute atomic E-state index is 0.228. The number of rotatable bonds is 7. The van der Waals surface area contributed by atoms with Crippen molar-refractivity contribution in [3.63, 3.8) is 0 Å². The Morgan fingerprint density at radius 1 is 1.35 bits per heavy atom. The monoisotopic (exact) mass is 357 g/mol. The van der Waals surface area contributed by atoms with Gasteiger partial charge < -0.3 is 19.7 Å². The van der Waals surface area contributed by atoms with Crippen LogP contribution in [0.5, 0.6) is 5.75 Å². The number of aliphatic carboxylic acids is 1.